The zero-order chi connectivity index (χ0) is 19.2. The van der Waals surface area contributed by atoms with Gasteiger partial charge in [-0.3, -0.25) is 10.1 Å². The summed E-state index contributed by atoms with van der Waals surface area (Å²) in [7, 11) is 3.33. The largest absolute Gasteiger partial charge is 0.355 e. The Labute approximate surface area is 163 Å². The molecule has 3 rings (SSSR count). The molecule has 2 N–H and O–H groups in total. The van der Waals surface area contributed by atoms with Crippen LogP contribution in [0.4, 0.5) is 9.93 Å². The van der Waals surface area contributed by atoms with Crippen LogP contribution in [0.5, 0.6) is 0 Å². The Morgan fingerprint density at radius 3 is 2.52 bits per heavy atom. The fourth-order valence-corrected chi connectivity index (χ4v) is 4.14. The Hall–Kier alpha value is -2.48. The number of nitrogens with one attached hydrogen (secondary N) is 2. The second-order valence-electron chi connectivity index (χ2n) is 6.84. The van der Waals surface area contributed by atoms with E-state index in [0.29, 0.717) is 23.2 Å². The van der Waals surface area contributed by atoms with Crippen LogP contribution in [0.2, 0.25) is 0 Å². The van der Waals surface area contributed by atoms with E-state index in [2.05, 4.69) is 20.8 Å². The average molecular weight is 388 g/mol. The van der Waals surface area contributed by atoms with Crippen molar-refractivity contribution in [2.24, 2.45) is 0 Å². The molecule has 0 aliphatic heterocycles. The Kier molecular flexibility index (Phi) is 6.39. The number of amides is 3. The molecule has 144 valence electrons. The molecule has 8 heteroatoms. The standard InChI is InChI=1S/C19H25N5O2S/c1-20-16(25)14-10-8-13(9-11-14)12-24(2)19(26)21-18-23-22-17(27-18)15-6-4-3-5-7-15/h8-11,15H,3-7,12H2,1-2H3,(H,20,25)(H,21,23,26). The highest BCUT2D eigenvalue weighted by atomic mass is 32.1. The van der Waals surface area contributed by atoms with E-state index in [1.54, 1.807) is 31.1 Å². The van der Waals surface area contributed by atoms with Crippen molar-refractivity contribution in [3.8, 4) is 0 Å². The zero-order valence-corrected chi connectivity index (χ0v) is 16.5. The number of nitrogens with zero attached hydrogens (tertiary/aromatic N) is 3. The van der Waals surface area contributed by atoms with Crippen molar-refractivity contribution in [3.05, 3.63) is 40.4 Å². The van der Waals surface area contributed by atoms with E-state index in [-0.39, 0.29) is 11.9 Å². The highest BCUT2D eigenvalue weighted by molar-refractivity contribution is 7.15. The number of hydrogen-bond acceptors (Lipinski definition) is 5. The van der Waals surface area contributed by atoms with Crippen LogP contribution in [0.3, 0.4) is 0 Å². The summed E-state index contributed by atoms with van der Waals surface area (Å²) in [5.41, 5.74) is 1.54. The topological polar surface area (TPSA) is 87.2 Å². The van der Waals surface area contributed by atoms with Gasteiger partial charge in [-0.25, -0.2) is 4.79 Å². The summed E-state index contributed by atoms with van der Waals surface area (Å²) < 4.78 is 0. The molecule has 7 nitrogen and oxygen atoms in total. The van der Waals surface area contributed by atoms with E-state index in [0.717, 1.165) is 23.4 Å². The summed E-state index contributed by atoms with van der Waals surface area (Å²) in [6, 6.07) is 6.97. The zero-order valence-electron chi connectivity index (χ0n) is 15.7. The minimum absolute atomic E-state index is 0.127. The number of anilines is 1. The van der Waals surface area contributed by atoms with Crippen molar-refractivity contribution in [1.82, 2.24) is 20.4 Å². The van der Waals surface area contributed by atoms with E-state index < -0.39 is 0 Å². The molecule has 3 amide bonds. The summed E-state index contributed by atoms with van der Waals surface area (Å²) in [6.07, 6.45) is 6.11. The molecule has 1 saturated carbocycles. The van der Waals surface area contributed by atoms with E-state index in [1.807, 2.05) is 12.1 Å². The Balaban J connectivity index is 1.54. The van der Waals surface area contributed by atoms with Gasteiger partial charge in [-0.1, -0.05) is 42.7 Å². The molecule has 1 fully saturated rings. The van der Waals surface area contributed by atoms with Crippen molar-refractivity contribution in [1.29, 1.82) is 0 Å². The van der Waals surface area contributed by atoms with Gasteiger partial charge in [0.05, 0.1) is 0 Å². The van der Waals surface area contributed by atoms with Crippen LogP contribution in [0.25, 0.3) is 0 Å². The van der Waals surface area contributed by atoms with E-state index >= 15 is 0 Å². The maximum atomic E-state index is 12.4. The lowest BCUT2D eigenvalue weighted by atomic mass is 9.90. The van der Waals surface area contributed by atoms with Crippen molar-refractivity contribution in [2.45, 2.75) is 44.6 Å². The number of urea groups is 1. The number of rotatable bonds is 5. The second-order valence-corrected chi connectivity index (χ2v) is 7.85. The smallest absolute Gasteiger partial charge is 0.323 e. The molecule has 0 radical (unpaired) electrons. The first-order valence-corrected chi connectivity index (χ1v) is 10.0. The lowest BCUT2D eigenvalue weighted by Crippen LogP contribution is -2.30. The maximum Gasteiger partial charge on any atom is 0.323 e. The fraction of sp³-hybridized carbons (Fsp3) is 0.474. The highest BCUT2D eigenvalue weighted by Gasteiger charge is 2.20. The quantitative estimate of drug-likeness (QED) is 0.820. The number of benzene rings is 1. The van der Waals surface area contributed by atoms with E-state index in [9.17, 15) is 9.59 Å². The SMILES string of the molecule is CNC(=O)c1ccc(CN(C)C(=O)Nc2nnc(C3CCCCC3)s2)cc1. The first kappa shape index (κ1) is 19.3. The van der Waals surface area contributed by atoms with Gasteiger partial charge in [-0.15, -0.1) is 10.2 Å². The monoisotopic (exact) mass is 387 g/mol. The van der Waals surface area contributed by atoms with Gasteiger partial charge in [0.1, 0.15) is 5.01 Å². The molecule has 27 heavy (non-hydrogen) atoms. The van der Waals surface area contributed by atoms with Gasteiger partial charge in [-0.2, -0.15) is 0 Å². The van der Waals surface area contributed by atoms with E-state index in [4.69, 9.17) is 0 Å². The third-order valence-corrected chi connectivity index (χ3v) is 5.82. The lowest BCUT2D eigenvalue weighted by Gasteiger charge is -2.18. The molecular weight excluding hydrogens is 362 g/mol. The second kappa shape index (κ2) is 8.94. The molecular formula is C19H25N5O2S. The third kappa shape index (κ3) is 5.03. The first-order chi connectivity index (χ1) is 13.1. The average Bonchev–Trinajstić information content (AvgIpc) is 3.17. The minimum atomic E-state index is -0.225. The molecule has 0 spiro atoms. The lowest BCUT2D eigenvalue weighted by molar-refractivity contribution is 0.0963. The number of carbonyl (C=O) groups is 2. The van der Waals surface area contributed by atoms with Crippen molar-refractivity contribution in [2.75, 3.05) is 19.4 Å². The number of carbonyl (C=O) groups excluding carboxylic acids is 2. The van der Waals surface area contributed by atoms with Crippen molar-refractivity contribution < 1.29 is 9.59 Å². The van der Waals surface area contributed by atoms with Gasteiger partial charge in [0.25, 0.3) is 5.91 Å². The van der Waals surface area contributed by atoms with Crippen LogP contribution in [-0.2, 0) is 6.54 Å². The van der Waals surface area contributed by atoms with Gasteiger partial charge in [0, 0.05) is 32.1 Å². The summed E-state index contributed by atoms with van der Waals surface area (Å²) >= 11 is 1.47. The van der Waals surface area contributed by atoms with Gasteiger partial charge >= 0.3 is 6.03 Å². The molecule has 0 saturated heterocycles. The molecule has 1 aliphatic carbocycles. The molecule has 1 heterocycles. The molecule has 2 aromatic rings. The summed E-state index contributed by atoms with van der Waals surface area (Å²) in [5.74, 6) is 0.358. The van der Waals surface area contributed by atoms with Gasteiger partial charge in [-0.05, 0) is 30.5 Å². The van der Waals surface area contributed by atoms with Crippen LogP contribution in [0.1, 0.15) is 59.0 Å². The van der Waals surface area contributed by atoms with E-state index in [1.165, 1.54) is 30.6 Å². The van der Waals surface area contributed by atoms with Crippen LogP contribution in [0, 0.1) is 0 Å². The molecule has 1 aromatic heterocycles. The molecule has 0 unspecified atom stereocenters. The molecule has 0 bridgehead atoms. The summed E-state index contributed by atoms with van der Waals surface area (Å²) in [5, 5.41) is 15.4. The van der Waals surface area contributed by atoms with Crippen LogP contribution >= 0.6 is 11.3 Å². The summed E-state index contributed by atoms with van der Waals surface area (Å²) in [4.78, 5) is 25.6. The normalized spacial score (nSPS) is 14.6. The predicted octanol–water partition coefficient (Wildman–Crippen LogP) is 3.61. The molecule has 1 aliphatic rings. The maximum absolute atomic E-state index is 12.4. The van der Waals surface area contributed by atoms with Crippen LogP contribution < -0.4 is 10.6 Å². The Bertz CT molecular complexity index is 784. The van der Waals surface area contributed by atoms with Crippen LogP contribution in [-0.4, -0.2) is 41.1 Å². The minimum Gasteiger partial charge on any atom is -0.355 e. The Morgan fingerprint density at radius 2 is 1.85 bits per heavy atom. The summed E-state index contributed by atoms with van der Waals surface area (Å²) in [6.45, 7) is 0.439. The molecule has 1 aromatic carbocycles. The first-order valence-electron chi connectivity index (χ1n) is 9.23. The highest BCUT2D eigenvalue weighted by Crippen LogP contribution is 2.35. The predicted molar refractivity (Wildman–Crippen MR) is 106 cm³/mol. The van der Waals surface area contributed by atoms with Crippen LogP contribution in [0.15, 0.2) is 24.3 Å². The van der Waals surface area contributed by atoms with Gasteiger partial charge in [0.15, 0.2) is 0 Å². The third-order valence-electron chi connectivity index (χ3n) is 4.82. The fourth-order valence-electron chi connectivity index (χ4n) is 3.24. The van der Waals surface area contributed by atoms with Gasteiger partial charge in [0.2, 0.25) is 5.13 Å². The van der Waals surface area contributed by atoms with Gasteiger partial charge < -0.3 is 10.2 Å². The number of aromatic nitrogens is 2. The number of hydrogen-bond donors (Lipinski definition) is 2. The molecule has 0 atom stereocenters. The van der Waals surface area contributed by atoms with Crippen molar-refractivity contribution in [3.63, 3.8) is 0 Å². The van der Waals surface area contributed by atoms with Crippen molar-refractivity contribution >= 4 is 28.4 Å². The Morgan fingerprint density at radius 1 is 1.15 bits per heavy atom.